The Kier molecular flexibility index (Phi) is 5.44. The molecule has 25 heavy (non-hydrogen) atoms. The van der Waals surface area contributed by atoms with Crippen molar-refractivity contribution >= 4 is 18.8 Å². The van der Waals surface area contributed by atoms with Crippen LogP contribution in [0.5, 0.6) is 0 Å². The molecule has 134 valence electrons. The van der Waals surface area contributed by atoms with Gasteiger partial charge < -0.3 is 0 Å². The van der Waals surface area contributed by atoms with Gasteiger partial charge in [0.1, 0.15) is 7.92 Å². The fourth-order valence-electron chi connectivity index (χ4n) is 2.79. The van der Waals surface area contributed by atoms with E-state index in [0.717, 1.165) is 5.56 Å². The SMILES string of the molecule is Cc1cc(C(C)(C)C)cc(C)c1P(C(=O)c1ccccc1)C(F)(F)F. The second-order valence-electron chi connectivity index (χ2n) is 7.18. The second-order valence-corrected chi connectivity index (χ2v) is 9.21. The lowest BCUT2D eigenvalue weighted by molar-refractivity contribution is -0.0384. The molecule has 1 atom stereocenters. The molecule has 0 saturated heterocycles. The minimum absolute atomic E-state index is 0.102. The van der Waals surface area contributed by atoms with Crippen molar-refractivity contribution in [3.63, 3.8) is 0 Å². The first-order valence-electron chi connectivity index (χ1n) is 8.01. The van der Waals surface area contributed by atoms with Crippen LogP contribution in [0.15, 0.2) is 42.5 Å². The molecule has 0 aliphatic heterocycles. The van der Waals surface area contributed by atoms with Gasteiger partial charge in [0.15, 0.2) is 5.52 Å². The monoisotopic (exact) mass is 366 g/mol. The molecule has 5 heteroatoms. The Morgan fingerprint density at radius 1 is 0.920 bits per heavy atom. The number of hydrogen-bond donors (Lipinski definition) is 0. The molecule has 0 spiro atoms. The van der Waals surface area contributed by atoms with Gasteiger partial charge in [-0.1, -0.05) is 63.2 Å². The molecule has 0 aliphatic carbocycles. The third-order valence-corrected chi connectivity index (χ3v) is 6.38. The summed E-state index contributed by atoms with van der Waals surface area (Å²) in [6, 6.07) is 11.3. The highest BCUT2D eigenvalue weighted by atomic mass is 31.1. The van der Waals surface area contributed by atoms with Gasteiger partial charge in [-0.15, -0.1) is 0 Å². The summed E-state index contributed by atoms with van der Waals surface area (Å²) in [5, 5.41) is 0.129. The smallest absolute Gasteiger partial charge is 0.288 e. The van der Waals surface area contributed by atoms with E-state index in [0.29, 0.717) is 11.1 Å². The van der Waals surface area contributed by atoms with E-state index in [1.54, 1.807) is 44.2 Å². The van der Waals surface area contributed by atoms with Gasteiger partial charge in [-0.2, -0.15) is 13.2 Å². The lowest BCUT2D eigenvalue weighted by atomic mass is 9.85. The van der Waals surface area contributed by atoms with Crippen LogP contribution in [-0.2, 0) is 5.41 Å². The Morgan fingerprint density at radius 3 is 1.80 bits per heavy atom. The number of alkyl halides is 3. The van der Waals surface area contributed by atoms with E-state index < -0.39 is 19.4 Å². The summed E-state index contributed by atoms with van der Waals surface area (Å²) < 4.78 is 41.5. The molecule has 0 fully saturated rings. The normalized spacial score (nSPS) is 13.6. The number of hydrogen-bond acceptors (Lipinski definition) is 1. The maximum atomic E-state index is 13.8. The summed E-state index contributed by atoms with van der Waals surface area (Å²) in [6.07, 6.45) is 0. The van der Waals surface area contributed by atoms with E-state index in [4.69, 9.17) is 0 Å². The largest absolute Gasteiger partial charge is 0.416 e. The number of carbonyl (C=O) groups excluding carboxylic acids is 1. The number of carbonyl (C=O) groups is 1. The van der Waals surface area contributed by atoms with Crippen LogP contribution in [0.3, 0.4) is 0 Å². The maximum Gasteiger partial charge on any atom is 0.416 e. The number of halogens is 3. The maximum absolute atomic E-state index is 13.8. The average Bonchev–Trinajstić information content (AvgIpc) is 2.48. The van der Waals surface area contributed by atoms with Gasteiger partial charge in [-0.25, -0.2) is 0 Å². The van der Waals surface area contributed by atoms with Gasteiger partial charge in [-0.3, -0.25) is 4.79 Å². The number of benzene rings is 2. The molecule has 2 rings (SSSR count). The number of rotatable bonds is 3. The van der Waals surface area contributed by atoms with Crippen LogP contribution in [0.4, 0.5) is 13.2 Å². The average molecular weight is 366 g/mol. The summed E-state index contributed by atoms with van der Waals surface area (Å²) in [5.41, 5.74) is 1.10. The Morgan fingerprint density at radius 2 is 1.40 bits per heavy atom. The van der Waals surface area contributed by atoms with Crippen molar-refractivity contribution in [2.45, 2.75) is 46.0 Å². The minimum atomic E-state index is -4.58. The van der Waals surface area contributed by atoms with Gasteiger partial charge in [0, 0.05) is 5.56 Å². The highest BCUT2D eigenvalue weighted by molar-refractivity contribution is 7.83. The predicted molar refractivity (Wildman–Crippen MR) is 98.0 cm³/mol. The molecule has 0 amide bonds. The van der Waals surface area contributed by atoms with Crippen molar-refractivity contribution in [2.24, 2.45) is 0 Å². The van der Waals surface area contributed by atoms with E-state index in [1.165, 1.54) is 12.1 Å². The third kappa shape index (κ3) is 4.30. The highest BCUT2D eigenvalue weighted by Gasteiger charge is 2.47. The highest BCUT2D eigenvalue weighted by Crippen LogP contribution is 2.55. The zero-order valence-electron chi connectivity index (χ0n) is 15.0. The van der Waals surface area contributed by atoms with Gasteiger partial charge in [-0.05, 0) is 41.3 Å². The summed E-state index contributed by atoms with van der Waals surface area (Å²) >= 11 is 0. The zero-order valence-corrected chi connectivity index (χ0v) is 15.9. The van der Waals surface area contributed by atoms with E-state index in [-0.39, 0.29) is 16.3 Å². The first-order chi connectivity index (χ1) is 11.4. The van der Waals surface area contributed by atoms with Gasteiger partial charge in [0.25, 0.3) is 0 Å². The molecule has 2 aromatic carbocycles. The molecule has 0 aliphatic rings. The van der Waals surface area contributed by atoms with Crippen LogP contribution in [0.25, 0.3) is 0 Å². The van der Waals surface area contributed by atoms with E-state index in [2.05, 4.69) is 0 Å². The lowest BCUT2D eigenvalue weighted by Crippen LogP contribution is -2.26. The zero-order chi connectivity index (χ0) is 19.0. The molecular weight excluding hydrogens is 344 g/mol. The first kappa shape index (κ1) is 19.7. The fraction of sp³-hybridized carbons (Fsp3) is 0.350. The number of aryl methyl sites for hydroxylation is 2. The Balaban J connectivity index is 2.63. The Hall–Kier alpha value is -1.67. The van der Waals surface area contributed by atoms with Crippen LogP contribution in [0, 0.1) is 13.8 Å². The summed E-state index contributed by atoms with van der Waals surface area (Å²) in [7, 11) is -2.96. The molecule has 1 unspecified atom stereocenters. The van der Waals surface area contributed by atoms with Crippen molar-refractivity contribution in [3.8, 4) is 0 Å². The quantitative estimate of drug-likeness (QED) is 0.603. The van der Waals surface area contributed by atoms with E-state index in [1.807, 2.05) is 20.8 Å². The molecular formula is C20H22F3OP. The van der Waals surface area contributed by atoms with Crippen LogP contribution >= 0.6 is 7.92 Å². The molecule has 0 radical (unpaired) electrons. The van der Waals surface area contributed by atoms with Crippen molar-refractivity contribution in [3.05, 3.63) is 64.7 Å². The Bertz CT molecular complexity index is 751. The molecule has 0 bridgehead atoms. The van der Waals surface area contributed by atoms with E-state index in [9.17, 15) is 18.0 Å². The van der Waals surface area contributed by atoms with Crippen LogP contribution < -0.4 is 5.30 Å². The topological polar surface area (TPSA) is 17.1 Å². The Labute approximate surface area is 148 Å². The first-order valence-corrected chi connectivity index (χ1v) is 9.35. The molecule has 0 heterocycles. The third-order valence-electron chi connectivity index (χ3n) is 4.06. The van der Waals surface area contributed by atoms with Gasteiger partial charge in [0.05, 0.1) is 0 Å². The van der Waals surface area contributed by atoms with Gasteiger partial charge >= 0.3 is 5.92 Å². The van der Waals surface area contributed by atoms with E-state index >= 15 is 0 Å². The molecule has 2 aromatic rings. The summed E-state index contributed by atoms with van der Waals surface area (Å²) in [4.78, 5) is 12.7. The molecule has 0 N–H and O–H groups in total. The van der Waals surface area contributed by atoms with Crippen molar-refractivity contribution in [2.75, 3.05) is 0 Å². The van der Waals surface area contributed by atoms with Crippen molar-refractivity contribution in [1.29, 1.82) is 0 Å². The molecule has 0 saturated carbocycles. The van der Waals surface area contributed by atoms with Crippen molar-refractivity contribution in [1.82, 2.24) is 0 Å². The van der Waals surface area contributed by atoms with Crippen LogP contribution in [0.2, 0.25) is 0 Å². The summed E-state index contributed by atoms with van der Waals surface area (Å²) in [5.74, 6) is -4.58. The minimum Gasteiger partial charge on any atom is -0.288 e. The van der Waals surface area contributed by atoms with Gasteiger partial charge in [0.2, 0.25) is 0 Å². The van der Waals surface area contributed by atoms with Crippen LogP contribution in [0.1, 0.15) is 47.8 Å². The predicted octanol–water partition coefficient (Wildman–Crippen LogP) is 6.07. The second kappa shape index (κ2) is 6.92. The standard InChI is InChI=1S/C20H22F3OP/c1-13-11-16(19(3,4)5)12-14(2)17(13)25(20(21,22)23)18(24)15-9-7-6-8-10-15/h6-12H,1-5H3. The summed E-state index contributed by atoms with van der Waals surface area (Å²) in [6.45, 7) is 9.38. The molecule has 1 nitrogen and oxygen atoms in total. The van der Waals surface area contributed by atoms with Crippen molar-refractivity contribution < 1.29 is 18.0 Å². The fourth-order valence-corrected chi connectivity index (χ4v) is 4.72. The van der Waals surface area contributed by atoms with Crippen LogP contribution in [-0.4, -0.2) is 11.4 Å². The lowest BCUT2D eigenvalue weighted by Gasteiger charge is -2.26. The molecule has 0 aromatic heterocycles.